The Morgan fingerprint density at radius 2 is 1.92 bits per heavy atom. The Hall–Kier alpha value is -0.0800. The minimum Gasteiger partial charge on any atom is -0.382 e. The van der Waals surface area contributed by atoms with Gasteiger partial charge in [-0.05, 0) is 31.7 Å². The lowest BCUT2D eigenvalue weighted by atomic mass is 9.84. The molecule has 0 saturated heterocycles. The molecule has 0 fully saturated rings. The highest BCUT2D eigenvalue weighted by atomic mass is 16.5. The van der Waals surface area contributed by atoms with Crippen molar-refractivity contribution < 1.29 is 4.74 Å². The first-order valence-corrected chi connectivity index (χ1v) is 5.47. The molecule has 80 valence electrons. The second kappa shape index (κ2) is 7.34. The van der Waals surface area contributed by atoms with Crippen molar-refractivity contribution in [2.45, 2.75) is 40.5 Å². The van der Waals surface area contributed by atoms with Crippen LogP contribution in [0.25, 0.3) is 0 Å². The van der Waals surface area contributed by atoms with E-state index in [1.807, 2.05) is 6.92 Å². The normalized spacial score (nSPS) is 15.7. The molecule has 0 aliphatic rings. The summed E-state index contributed by atoms with van der Waals surface area (Å²) >= 11 is 0. The zero-order valence-electron chi connectivity index (χ0n) is 9.65. The summed E-state index contributed by atoms with van der Waals surface area (Å²) in [4.78, 5) is 0. The molecule has 2 nitrogen and oxygen atoms in total. The van der Waals surface area contributed by atoms with Gasteiger partial charge in [0.25, 0.3) is 0 Å². The first-order valence-electron chi connectivity index (χ1n) is 5.47. The van der Waals surface area contributed by atoms with Crippen molar-refractivity contribution in [1.82, 2.24) is 5.32 Å². The van der Waals surface area contributed by atoms with E-state index < -0.39 is 0 Å². The van der Waals surface area contributed by atoms with Gasteiger partial charge >= 0.3 is 0 Å². The molecular weight excluding hydrogens is 162 g/mol. The van der Waals surface area contributed by atoms with E-state index in [1.54, 1.807) is 0 Å². The van der Waals surface area contributed by atoms with E-state index in [-0.39, 0.29) is 0 Å². The fraction of sp³-hybridized carbons (Fsp3) is 1.00. The van der Waals surface area contributed by atoms with Gasteiger partial charge in [-0.2, -0.15) is 0 Å². The molecule has 0 saturated carbocycles. The smallest absolute Gasteiger partial charge is 0.0471 e. The van der Waals surface area contributed by atoms with Crippen LogP contribution in [0.2, 0.25) is 0 Å². The summed E-state index contributed by atoms with van der Waals surface area (Å²) in [6, 6.07) is 0. The van der Waals surface area contributed by atoms with Crippen molar-refractivity contribution in [3.05, 3.63) is 0 Å². The second-order valence-electron chi connectivity index (χ2n) is 3.89. The van der Waals surface area contributed by atoms with Crippen LogP contribution in [-0.2, 0) is 4.74 Å². The van der Waals surface area contributed by atoms with E-state index >= 15 is 0 Å². The highest BCUT2D eigenvalue weighted by molar-refractivity contribution is 4.74. The third-order valence-electron chi connectivity index (χ3n) is 2.71. The van der Waals surface area contributed by atoms with Crippen molar-refractivity contribution in [2.24, 2.45) is 5.41 Å². The van der Waals surface area contributed by atoms with E-state index in [4.69, 9.17) is 4.74 Å². The Bertz CT molecular complexity index is 117. The zero-order chi connectivity index (χ0) is 10.2. The van der Waals surface area contributed by atoms with Crippen molar-refractivity contribution >= 4 is 0 Å². The molecule has 0 radical (unpaired) electrons. The number of rotatable bonds is 8. The molecule has 2 heteroatoms. The fourth-order valence-electron chi connectivity index (χ4n) is 1.28. The Labute approximate surface area is 83.1 Å². The first kappa shape index (κ1) is 12.9. The van der Waals surface area contributed by atoms with Crippen LogP contribution < -0.4 is 5.32 Å². The molecule has 0 aromatic carbocycles. The van der Waals surface area contributed by atoms with E-state index in [0.717, 1.165) is 32.7 Å². The minimum atomic E-state index is 0.408. The van der Waals surface area contributed by atoms with E-state index in [2.05, 4.69) is 26.1 Å². The largest absolute Gasteiger partial charge is 0.382 e. The zero-order valence-corrected chi connectivity index (χ0v) is 9.65. The maximum Gasteiger partial charge on any atom is 0.0471 e. The average molecular weight is 187 g/mol. The van der Waals surface area contributed by atoms with Gasteiger partial charge in [0.15, 0.2) is 0 Å². The average Bonchev–Trinajstić information content (AvgIpc) is 2.15. The van der Waals surface area contributed by atoms with Crippen LogP contribution in [0.1, 0.15) is 40.5 Å². The topological polar surface area (TPSA) is 21.3 Å². The molecule has 0 heterocycles. The van der Waals surface area contributed by atoms with Crippen LogP contribution in [0.3, 0.4) is 0 Å². The molecule has 0 spiro atoms. The van der Waals surface area contributed by atoms with Gasteiger partial charge in [0.2, 0.25) is 0 Å². The predicted octanol–water partition coefficient (Wildman–Crippen LogP) is 2.44. The predicted molar refractivity (Wildman–Crippen MR) is 58.1 cm³/mol. The van der Waals surface area contributed by atoms with Crippen molar-refractivity contribution in [1.29, 1.82) is 0 Å². The second-order valence-corrected chi connectivity index (χ2v) is 3.89. The maximum atomic E-state index is 5.38. The summed E-state index contributed by atoms with van der Waals surface area (Å²) in [5.41, 5.74) is 0.408. The minimum absolute atomic E-state index is 0.408. The molecule has 0 aromatic rings. The number of hydrogen-bond donors (Lipinski definition) is 1. The third-order valence-corrected chi connectivity index (χ3v) is 2.71. The lowest BCUT2D eigenvalue weighted by Crippen LogP contribution is -2.32. The highest BCUT2D eigenvalue weighted by Gasteiger charge is 2.20. The quantitative estimate of drug-likeness (QED) is 0.589. The molecule has 0 bridgehead atoms. The summed E-state index contributed by atoms with van der Waals surface area (Å²) in [5, 5.41) is 3.41. The molecule has 0 rings (SSSR count). The Kier molecular flexibility index (Phi) is 7.29. The van der Waals surface area contributed by atoms with Crippen molar-refractivity contribution in [3.63, 3.8) is 0 Å². The summed E-state index contributed by atoms with van der Waals surface area (Å²) in [6.07, 6.45) is 2.37. The lowest BCUT2D eigenvalue weighted by Gasteiger charge is -2.28. The molecular formula is C11H25NO. The van der Waals surface area contributed by atoms with E-state index in [9.17, 15) is 0 Å². The maximum absolute atomic E-state index is 5.38. The molecule has 0 aliphatic heterocycles. The van der Waals surface area contributed by atoms with Gasteiger partial charge in [-0.3, -0.25) is 0 Å². The van der Waals surface area contributed by atoms with Gasteiger partial charge in [-0.15, -0.1) is 0 Å². The van der Waals surface area contributed by atoms with Gasteiger partial charge in [0.05, 0.1) is 0 Å². The fourth-order valence-corrected chi connectivity index (χ4v) is 1.28. The Morgan fingerprint density at radius 1 is 1.23 bits per heavy atom. The number of ether oxygens (including phenoxy) is 1. The van der Waals surface area contributed by atoms with Crippen LogP contribution in [-0.4, -0.2) is 26.3 Å². The summed E-state index contributed by atoms with van der Waals surface area (Å²) in [6.45, 7) is 12.7. The van der Waals surface area contributed by atoms with Gasteiger partial charge < -0.3 is 10.1 Å². The monoisotopic (exact) mass is 187 g/mol. The van der Waals surface area contributed by atoms with Gasteiger partial charge in [-0.1, -0.05) is 20.8 Å². The number of nitrogens with one attached hydrogen (secondary N) is 1. The van der Waals surface area contributed by atoms with Crippen LogP contribution >= 0.6 is 0 Å². The summed E-state index contributed by atoms with van der Waals surface area (Å²) in [5.74, 6) is 0. The highest BCUT2D eigenvalue weighted by Crippen LogP contribution is 2.24. The molecule has 0 amide bonds. The molecule has 0 aromatic heterocycles. The lowest BCUT2D eigenvalue weighted by molar-refractivity contribution is 0.106. The molecule has 13 heavy (non-hydrogen) atoms. The molecule has 1 unspecified atom stereocenters. The standard InChI is InChI=1S/C11H25NO/c1-5-11(4,10-12-6-2)8-9-13-7-3/h12H,5-10H2,1-4H3. The molecule has 1 N–H and O–H groups in total. The molecule has 1 atom stereocenters. The van der Waals surface area contributed by atoms with Crippen LogP contribution in [0.4, 0.5) is 0 Å². The Balaban J connectivity index is 3.67. The van der Waals surface area contributed by atoms with Crippen LogP contribution in [0.5, 0.6) is 0 Å². The van der Waals surface area contributed by atoms with Crippen LogP contribution in [0.15, 0.2) is 0 Å². The van der Waals surface area contributed by atoms with Crippen LogP contribution in [0, 0.1) is 5.41 Å². The summed E-state index contributed by atoms with van der Waals surface area (Å²) in [7, 11) is 0. The summed E-state index contributed by atoms with van der Waals surface area (Å²) < 4.78 is 5.38. The van der Waals surface area contributed by atoms with Gasteiger partial charge in [0.1, 0.15) is 0 Å². The molecule has 0 aliphatic carbocycles. The third kappa shape index (κ3) is 6.05. The Morgan fingerprint density at radius 3 is 2.38 bits per heavy atom. The van der Waals surface area contributed by atoms with E-state index in [0.29, 0.717) is 5.41 Å². The SMILES string of the molecule is CCNCC(C)(CC)CCOCC. The van der Waals surface area contributed by atoms with Gasteiger partial charge in [-0.25, -0.2) is 0 Å². The van der Waals surface area contributed by atoms with Gasteiger partial charge in [0, 0.05) is 19.8 Å². The van der Waals surface area contributed by atoms with E-state index in [1.165, 1.54) is 6.42 Å². The number of hydrogen-bond acceptors (Lipinski definition) is 2. The van der Waals surface area contributed by atoms with Crippen molar-refractivity contribution in [2.75, 3.05) is 26.3 Å². The van der Waals surface area contributed by atoms with Crippen molar-refractivity contribution in [3.8, 4) is 0 Å². The first-order chi connectivity index (χ1) is 6.18.